The van der Waals surface area contributed by atoms with E-state index >= 15 is 0 Å². The van der Waals surface area contributed by atoms with Crippen LogP contribution in [0.1, 0.15) is 23.2 Å². The lowest BCUT2D eigenvalue weighted by Crippen LogP contribution is -2.15. The smallest absolute Gasteiger partial charge is 0.306 e. The van der Waals surface area contributed by atoms with Gasteiger partial charge in [-0.25, -0.2) is 0 Å². The summed E-state index contributed by atoms with van der Waals surface area (Å²) in [6.45, 7) is 0.0650. The molecule has 1 aromatic rings. The van der Waals surface area contributed by atoms with E-state index in [2.05, 4.69) is 0 Å². The molecule has 0 spiro atoms. The Labute approximate surface area is 111 Å². The lowest BCUT2D eigenvalue weighted by molar-refractivity contribution is -0.142. The summed E-state index contributed by atoms with van der Waals surface area (Å²) in [7, 11) is 1.39. The van der Waals surface area contributed by atoms with Crippen molar-refractivity contribution < 1.29 is 24.2 Å². The van der Waals surface area contributed by atoms with Gasteiger partial charge in [-0.3, -0.25) is 9.59 Å². The van der Waals surface area contributed by atoms with Crippen molar-refractivity contribution in [1.82, 2.24) is 0 Å². The lowest BCUT2D eigenvalue weighted by atomic mass is 10.1. The fraction of sp³-hybridized carbons (Fsp3) is 0.385. The molecule has 0 saturated carbocycles. The number of Topliss-reactive ketones (excluding diaryl/α,β-unsaturated/α-hetero) is 1. The number of hydrogen-bond donors (Lipinski definition) is 2. The van der Waals surface area contributed by atoms with E-state index in [1.54, 1.807) is 0 Å². The molecule has 19 heavy (non-hydrogen) atoms. The number of carbonyl (C=O) groups is 2. The Morgan fingerprint density at radius 2 is 2.11 bits per heavy atom. The molecule has 0 amide bonds. The Balaban J connectivity index is 2.56. The minimum atomic E-state index is -0.454. The van der Waals surface area contributed by atoms with Crippen molar-refractivity contribution in [2.45, 2.75) is 12.8 Å². The molecule has 6 heteroatoms. The van der Waals surface area contributed by atoms with Crippen molar-refractivity contribution in [3.05, 3.63) is 23.8 Å². The highest BCUT2D eigenvalue weighted by Crippen LogP contribution is 2.26. The molecule has 3 N–H and O–H groups in total. The molecule has 0 bridgehead atoms. The van der Waals surface area contributed by atoms with Crippen LogP contribution < -0.4 is 10.5 Å². The average Bonchev–Trinajstić information content (AvgIpc) is 2.42. The summed E-state index contributed by atoms with van der Waals surface area (Å²) in [4.78, 5) is 23.0. The van der Waals surface area contributed by atoms with Crippen molar-refractivity contribution in [3.8, 4) is 11.5 Å². The number of methoxy groups -OCH3 is 1. The topological polar surface area (TPSA) is 98.9 Å². The molecule has 0 aliphatic rings. The number of nitrogens with two attached hydrogens (primary N) is 1. The summed E-state index contributed by atoms with van der Waals surface area (Å²) in [6.07, 6.45) is 0.725. The second-order valence-electron chi connectivity index (χ2n) is 3.86. The van der Waals surface area contributed by atoms with E-state index in [4.69, 9.17) is 15.2 Å². The molecule has 0 fully saturated rings. The molecule has 104 valence electrons. The second kappa shape index (κ2) is 7.38. The zero-order valence-electron chi connectivity index (χ0n) is 10.7. The summed E-state index contributed by atoms with van der Waals surface area (Å²) in [5.74, 6) is -0.678. The Morgan fingerprint density at radius 3 is 2.74 bits per heavy atom. The molecule has 0 saturated heterocycles. The van der Waals surface area contributed by atoms with Crippen LogP contribution in [0.4, 0.5) is 0 Å². The lowest BCUT2D eigenvalue weighted by Gasteiger charge is -2.07. The predicted octanol–water partition coefficient (Wildman–Crippen LogP) is 0.866. The van der Waals surface area contributed by atoms with Gasteiger partial charge in [-0.1, -0.05) is 0 Å². The standard InChI is InChI=1S/C13H17NO5/c1-18-12-7-9(4-5-10(12)15)11(16)8-19-13(17)3-2-6-14/h4-5,7,15H,2-3,6,8,14H2,1H3. The molecule has 6 nitrogen and oxygen atoms in total. The van der Waals surface area contributed by atoms with Gasteiger partial charge in [0.05, 0.1) is 7.11 Å². The first-order valence-corrected chi connectivity index (χ1v) is 5.84. The summed E-state index contributed by atoms with van der Waals surface area (Å²) >= 11 is 0. The maximum atomic E-state index is 11.8. The SMILES string of the molecule is COc1cc(C(=O)COC(=O)CCCN)ccc1O. The van der Waals surface area contributed by atoms with Crippen LogP contribution in [0, 0.1) is 0 Å². The van der Waals surface area contributed by atoms with Crippen LogP contribution in [-0.4, -0.2) is 37.1 Å². The Kier molecular flexibility index (Phi) is 5.81. The van der Waals surface area contributed by atoms with Gasteiger partial charge in [0.15, 0.2) is 23.9 Å². The van der Waals surface area contributed by atoms with Crippen molar-refractivity contribution in [1.29, 1.82) is 0 Å². The van der Waals surface area contributed by atoms with Gasteiger partial charge in [-0.2, -0.15) is 0 Å². The third-order valence-electron chi connectivity index (χ3n) is 2.45. The number of esters is 1. The number of aromatic hydroxyl groups is 1. The van der Waals surface area contributed by atoms with E-state index in [1.807, 2.05) is 0 Å². The summed E-state index contributed by atoms with van der Waals surface area (Å²) in [6, 6.07) is 4.18. The highest BCUT2D eigenvalue weighted by atomic mass is 16.5. The van der Waals surface area contributed by atoms with Gasteiger partial charge >= 0.3 is 5.97 Å². The molecule has 0 atom stereocenters. The van der Waals surface area contributed by atoms with Gasteiger partial charge in [0.2, 0.25) is 0 Å². The maximum absolute atomic E-state index is 11.8. The molecule has 1 rings (SSSR count). The molecule has 0 unspecified atom stereocenters. The van der Waals surface area contributed by atoms with Crippen molar-refractivity contribution in [2.24, 2.45) is 5.73 Å². The number of ketones is 1. The van der Waals surface area contributed by atoms with Crippen LogP contribution in [-0.2, 0) is 9.53 Å². The molecular weight excluding hydrogens is 250 g/mol. The van der Waals surface area contributed by atoms with E-state index in [0.717, 1.165) is 0 Å². The van der Waals surface area contributed by atoms with E-state index in [-0.39, 0.29) is 30.3 Å². The van der Waals surface area contributed by atoms with E-state index in [9.17, 15) is 14.7 Å². The monoisotopic (exact) mass is 267 g/mol. The third-order valence-corrected chi connectivity index (χ3v) is 2.45. The maximum Gasteiger partial charge on any atom is 0.306 e. The first kappa shape index (κ1) is 15.0. The normalized spacial score (nSPS) is 10.0. The molecule has 0 heterocycles. The zero-order chi connectivity index (χ0) is 14.3. The minimum Gasteiger partial charge on any atom is -0.504 e. The number of ether oxygens (including phenoxy) is 2. The van der Waals surface area contributed by atoms with Crippen LogP contribution >= 0.6 is 0 Å². The average molecular weight is 267 g/mol. The van der Waals surface area contributed by atoms with Crippen LogP contribution in [0.15, 0.2) is 18.2 Å². The van der Waals surface area contributed by atoms with Crippen LogP contribution in [0.25, 0.3) is 0 Å². The third kappa shape index (κ3) is 4.59. The van der Waals surface area contributed by atoms with E-state index < -0.39 is 5.97 Å². The van der Waals surface area contributed by atoms with Gasteiger partial charge in [0.25, 0.3) is 0 Å². The quantitative estimate of drug-likeness (QED) is 0.561. The van der Waals surface area contributed by atoms with Crippen LogP contribution in [0.2, 0.25) is 0 Å². The second-order valence-corrected chi connectivity index (χ2v) is 3.86. The van der Waals surface area contributed by atoms with Crippen molar-refractivity contribution in [2.75, 3.05) is 20.3 Å². The Bertz CT molecular complexity index is 458. The van der Waals surface area contributed by atoms with Gasteiger partial charge in [-0.05, 0) is 31.2 Å². The first-order chi connectivity index (χ1) is 9.08. The van der Waals surface area contributed by atoms with Crippen LogP contribution in [0.5, 0.6) is 11.5 Å². The van der Waals surface area contributed by atoms with Gasteiger partial charge in [0, 0.05) is 12.0 Å². The number of rotatable bonds is 7. The summed E-state index contributed by atoms with van der Waals surface area (Å²) in [5, 5.41) is 9.40. The van der Waals surface area contributed by atoms with E-state index in [0.29, 0.717) is 18.5 Å². The molecule has 1 aromatic carbocycles. The number of carbonyl (C=O) groups excluding carboxylic acids is 2. The molecule has 0 radical (unpaired) electrons. The first-order valence-electron chi connectivity index (χ1n) is 5.84. The summed E-state index contributed by atoms with van der Waals surface area (Å²) < 4.78 is 9.71. The predicted molar refractivity (Wildman–Crippen MR) is 68.2 cm³/mol. The fourth-order valence-electron chi connectivity index (χ4n) is 1.40. The number of phenolic OH excluding ortho intramolecular Hbond substituents is 1. The number of phenols is 1. The Morgan fingerprint density at radius 1 is 1.37 bits per heavy atom. The van der Waals surface area contributed by atoms with Gasteiger partial charge < -0.3 is 20.3 Å². The highest BCUT2D eigenvalue weighted by Gasteiger charge is 2.12. The highest BCUT2D eigenvalue weighted by molar-refractivity contribution is 5.98. The molecule has 0 aliphatic carbocycles. The van der Waals surface area contributed by atoms with Crippen LogP contribution in [0.3, 0.4) is 0 Å². The molecule has 0 aliphatic heterocycles. The summed E-state index contributed by atoms with van der Waals surface area (Å²) in [5.41, 5.74) is 5.56. The molecular formula is C13H17NO5. The molecule has 0 aromatic heterocycles. The van der Waals surface area contributed by atoms with Crippen molar-refractivity contribution in [3.63, 3.8) is 0 Å². The Hall–Kier alpha value is -2.08. The minimum absolute atomic E-state index is 0.0565. The fourth-order valence-corrected chi connectivity index (χ4v) is 1.40. The number of benzene rings is 1. The largest absolute Gasteiger partial charge is 0.504 e. The van der Waals surface area contributed by atoms with Crippen molar-refractivity contribution >= 4 is 11.8 Å². The van der Waals surface area contributed by atoms with Gasteiger partial charge in [-0.15, -0.1) is 0 Å². The van der Waals surface area contributed by atoms with E-state index in [1.165, 1.54) is 25.3 Å². The van der Waals surface area contributed by atoms with Gasteiger partial charge in [0.1, 0.15) is 0 Å². The zero-order valence-corrected chi connectivity index (χ0v) is 10.7. The number of hydrogen-bond acceptors (Lipinski definition) is 6.